The maximum atomic E-state index is 12.9. The van der Waals surface area contributed by atoms with Crippen LogP contribution < -0.4 is 20.1 Å². The van der Waals surface area contributed by atoms with Crippen LogP contribution in [0.3, 0.4) is 0 Å². The number of para-hydroxylation sites is 2. The Labute approximate surface area is 192 Å². The third-order valence-corrected chi connectivity index (χ3v) is 5.28. The van der Waals surface area contributed by atoms with E-state index in [0.29, 0.717) is 29.1 Å². The maximum absolute atomic E-state index is 12.9. The summed E-state index contributed by atoms with van der Waals surface area (Å²) in [4.78, 5) is 28.2. The molecule has 1 aromatic heterocycles. The number of nitrogens with one attached hydrogen (secondary N) is 3. The fraction of sp³-hybridized carbons (Fsp3) is 0.182. The number of hydrogen-bond acceptors (Lipinski definition) is 7. The van der Waals surface area contributed by atoms with E-state index in [1.165, 1.54) is 12.1 Å². The number of H-pyrrole nitrogens is 1. The van der Waals surface area contributed by atoms with Gasteiger partial charge in [-0.15, -0.1) is 5.10 Å². The zero-order chi connectivity index (χ0) is 23.0. The largest absolute Gasteiger partial charge is 0.486 e. The van der Waals surface area contributed by atoms with Crippen molar-refractivity contribution in [2.45, 2.75) is 11.3 Å². The van der Waals surface area contributed by atoms with Gasteiger partial charge in [0, 0.05) is 0 Å². The molecule has 2 aromatic carbocycles. The molecule has 0 radical (unpaired) electrons. The summed E-state index contributed by atoms with van der Waals surface area (Å²) >= 11 is 1.08. The first-order chi connectivity index (χ1) is 16.0. The molecule has 0 spiro atoms. The molecule has 1 atom stereocenters. The highest BCUT2D eigenvalue weighted by Gasteiger charge is 2.21. The molecule has 0 aliphatic carbocycles. The summed E-state index contributed by atoms with van der Waals surface area (Å²) in [5.41, 5.74) is 0.807. The minimum atomic E-state index is -0.624. The lowest BCUT2D eigenvalue weighted by Crippen LogP contribution is -2.46. The molecule has 0 saturated carbocycles. The first-order valence-corrected chi connectivity index (χ1v) is 11.0. The van der Waals surface area contributed by atoms with E-state index in [0.717, 1.165) is 17.3 Å². The van der Waals surface area contributed by atoms with E-state index in [1.54, 1.807) is 36.4 Å². The van der Waals surface area contributed by atoms with Crippen molar-refractivity contribution in [1.29, 1.82) is 0 Å². The van der Waals surface area contributed by atoms with Gasteiger partial charge in [-0.1, -0.05) is 42.1 Å². The van der Waals surface area contributed by atoms with E-state index in [9.17, 15) is 14.0 Å². The van der Waals surface area contributed by atoms with Crippen LogP contribution in [0.25, 0.3) is 12.2 Å². The van der Waals surface area contributed by atoms with E-state index in [4.69, 9.17) is 9.47 Å². The van der Waals surface area contributed by atoms with Crippen LogP contribution in [0.4, 0.5) is 9.18 Å². The number of halogens is 1. The zero-order valence-corrected chi connectivity index (χ0v) is 18.1. The predicted molar refractivity (Wildman–Crippen MR) is 120 cm³/mol. The molecule has 0 saturated heterocycles. The molecule has 33 heavy (non-hydrogen) atoms. The van der Waals surface area contributed by atoms with Crippen molar-refractivity contribution in [3.63, 3.8) is 0 Å². The summed E-state index contributed by atoms with van der Waals surface area (Å²) in [7, 11) is 0. The molecule has 11 heteroatoms. The van der Waals surface area contributed by atoms with Gasteiger partial charge in [0.05, 0.1) is 12.3 Å². The fourth-order valence-corrected chi connectivity index (χ4v) is 3.46. The minimum absolute atomic E-state index is 0.0389. The van der Waals surface area contributed by atoms with Gasteiger partial charge in [0.15, 0.2) is 17.6 Å². The average molecular weight is 469 g/mol. The Morgan fingerprint density at radius 2 is 1.94 bits per heavy atom. The third-order valence-electron chi connectivity index (χ3n) is 4.43. The van der Waals surface area contributed by atoms with Crippen molar-refractivity contribution in [2.24, 2.45) is 0 Å². The molecular weight excluding hydrogens is 449 g/mol. The zero-order valence-electron chi connectivity index (χ0n) is 17.3. The highest BCUT2D eigenvalue weighted by Crippen LogP contribution is 2.30. The van der Waals surface area contributed by atoms with Crippen molar-refractivity contribution in [2.75, 3.05) is 18.9 Å². The first-order valence-electron chi connectivity index (χ1n) is 10.0. The second kappa shape index (κ2) is 10.6. The molecule has 2 heterocycles. The Morgan fingerprint density at radius 1 is 1.15 bits per heavy atom. The molecule has 1 aliphatic heterocycles. The number of aromatic nitrogens is 3. The third kappa shape index (κ3) is 6.56. The SMILES string of the molecule is O=C(CSc1n[nH]c(/C=C/c2ccc(F)cc2)n1)NC(=O)NCC1COc2ccccc2O1. The summed E-state index contributed by atoms with van der Waals surface area (Å²) < 4.78 is 24.3. The van der Waals surface area contributed by atoms with Crippen LogP contribution >= 0.6 is 11.8 Å². The maximum Gasteiger partial charge on any atom is 0.321 e. The van der Waals surface area contributed by atoms with Crippen LogP contribution in [-0.2, 0) is 4.79 Å². The molecule has 4 rings (SSSR count). The van der Waals surface area contributed by atoms with E-state index < -0.39 is 11.9 Å². The van der Waals surface area contributed by atoms with Crippen molar-refractivity contribution in [3.05, 3.63) is 65.7 Å². The molecule has 9 nitrogen and oxygen atoms in total. The molecule has 1 unspecified atom stereocenters. The summed E-state index contributed by atoms with van der Waals surface area (Å²) in [6, 6.07) is 12.7. The average Bonchev–Trinajstić information content (AvgIpc) is 3.29. The van der Waals surface area contributed by atoms with Gasteiger partial charge in [0.2, 0.25) is 11.1 Å². The number of hydrogen-bond donors (Lipinski definition) is 3. The molecule has 3 N–H and O–H groups in total. The van der Waals surface area contributed by atoms with Crippen LogP contribution in [0.2, 0.25) is 0 Å². The van der Waals surface area contributed by atoms with E-state index in [2.05, 4.69) is 25.8 Å². The van der Waals surface area contributed by atoms with Gasteiger partial charge in [0.25, 0.3) is 0 Å². The number of nitrogens with zero attached hydrogens (tertiary/aromatic N) is 2. The van der Waals surface area contributed by atoms with Crippen molar-refractivity contribution in [1.82, 2.24) is 25.8 Å². The van der Waals surface area contributed by atoms with Gasteiger partial charge in [-0.2, -0.15) is 0 Å². The molecule has 0 fully saturated rings. The van der Waals surface area contributed by atoms with Crippen LogP contribution in [0.1, 0.15) is 11.4 Å². The number of imide groups is 1. The predicted octanol–water partition coefficient (Wildman–Crippen LogP) is 2.87. The Kier molecular flexibility index (Phi) is 7.20. The molecule has 170 valence electrons. The Bertz CT molecular complexity index is 1150. The molecule has 3 aromatic rings. The summed E-state index contributed by atoms with van der Waals surface area (Å²) in [5.74, 6) is 0.920. The van der Waals surface area contributed by atoms with Crippen LogP contribution in [-0.4, -0.2) is 52.1 Å². The summed E-state index contributed by atoms with van der Waals surface area (Å²) in [6.45, 7) is 0.481. The van der Waals surface area contributed by atoms with Gasteiger partial charge < -0.3 is 14.8 Å². The van der Waals surface area contributed by atoms with Gasteiger partial charge >= 0.3 is 6.03 Å². The Hall–Kier alpha value is -3.86. The fourth-order valence-electron chi connectivity index (χ4n) is 2.85. The number of urea groups is 1. The topological polar surface area (TPSA) is 118 Å². The highest BCUT2D eigenvalue weighted by molar-refractivity contribution is 7.99. The monoisotopic (exact) mass is 469 g/mol. The molecular formula is C22H20FN5O4S. The summed E-state index contributed by atoms with van der Waals surface area (Å²) in [5, 5.41) is 12.0. The number of benzene rings is 2. The van der Waals surface area contributed by atoms with E-state index in [1.807, 2.05) is 12.1 Å². The number of ether oxygens (including phenoxy) is 2. The van der Waals surface area contributed by atoms with Crippen LogP contribution in [0, 0.1) is 5.82 Å². The molecule has 1 aliphatic rings. The standard InChI is InChI=1S/C22H20FN5O4S/c23-15-8-5-14(6-9-15)7-10-19-25-22(28-27-19)33-13-20(29)26-21(30)24-11-16-12-31-17-3-1-2-4-18(17)32-16/h1-10,16H,11-13H2,(H,25,27,28)(H2,24,26,29,30)/b10-7+. The number of rotatable bonds is 7. The second-order valence-electron chi connectivity index (χ2n) is 6.93. The number of aromatic amines is 1. The van der Waals surface area contributed by atoms with E-state index >= 15 is 0 Å². The van der Waals surface area contributed by atoms with Crippen molar-refractivity contribution in [3.8, 4) is 11.5 Å². The summed E-state index contributed by atoms with van der Waals surface area (Å²) in [6.07, 6.45) is 3.09. The Balaban J connectivity index is 1.17. The van der Waals surface area contributed by atoms with Crippen molar-refractivity contribution < 1.29 is 23.5 Å². The quantitative estimate of drug-likeness (QED) is 0.456. The first kappa shape index (κ1) is 22.3. The lowest BCUT2D eigenvalue weighted by Gasteiger charge is -2.26. The minimum Gasteiger partial charge on any atom is -0.486 e. The highest BCUT2D eigenvalue weighted by atomic mass is 32.2. The smallest absolute Gasteiger partial charge is 0.321 e. The number of amides is 3. The lowest BCUT2D eigenvalue weighted by atomic mass is 10.2. The van der Waals surface area contributed by atoms with Gasteiger partial charge in [-0.25, -0.2) is 14.2 Å². The molecule has 3 amide bonds. The number of carbonyl (C=O) groups is 2. The second-order valence-corrected chi connectivity index (χ2v) is 7.88. The van der Waals surface area contributed by atoms with Gasteiger partial charge in [-0.05, 0) is 35.9 Å². The normalized spacial score (nSPS) is 14.8. The van der Waals surface area contributed by atoms with Crippen molar-refractivity contribution >= 4 is 35.9 Å². The van der Waals surface area contributed by atoms with Crippen LogP contribution in [0.5, 0.6) is 11.5 Å². The molecule has 0 bridgehead atoms. The van der Waals surface area contributed by atoms with Crippen LogP contribution in [0.15, 0.2) is 53.7 Å². The van der Waals surface area contributed by atoms with Gasteiger partial charge in [-0.3, -0.25) is 15.2 Å². The lowest BCUT2D eigenvalue weighted by molar-refractivity contribution is -0.117. The number of fused-ring (bicyclic) bond motifs is 1. The number of thioether (sulfide) groups is 1. The number of carbonyl (C=O) groups excluding carboxylic acids is 2. The van der Waals surface area contributed by atoms with E-state index in [-0.39, 0.29) is 24.2 Å². The van der Waals surface area contributed by atoms with Gasteiger partial charge in [0.1, 0.15) is 18.2 Å². The Morgan fingerprint density at radius 3 is 2.76 bits per heavy atom.